The third-order valence-corrected chi connectivity index (χ3v) is 5.62. The molecule has 3 unspecified atom stereocenters. The highest BCUT2D eigenvalue weighted by atomic mass is 16.6. The summed E-state index contributed by atoms with van der Waals surface area (Å²) in [6, 6.07) is 3.74. The van der Waals surface area contributed by atoms with Crippen LogP contribution in [-0.2, 0) is 14.3 Å². The van der Waals surface area contributed by atoms with Crippen molar-refractivity contribution in [3.8, 4) is 0 Å². The summed E-state index contributed by atoms with van der Waals surface area (Å²) < 4.78 is 5.36. The Morgan fingerprint density at radius 1 is 1.09 bits per heavy atom. The molecule has 0 spiro atoms. The van der Waals surface area contributed by atoms with Gasteiger partial charge < -0.3 is 25.4 Å². The second-order valence-electron chi connectivity index (χ2n) is 10.6. The first kappa shape index (κ1) is 30.4. The van der Waals surface area contributed by atoms with Crippen LogP contribution in [0.25, 0.3) is 0 Å². The first-order valence-electron chi connectivity index (χ1n) is 12.5. The van der Waals surface area contributed by atoms with Crippen LogP contribution in [0.3, 0.4) is 0 Å². The molecule has 3 N–H and O–H groups in total. The van der Waals surface area contributed by atoms with Gasteiger partial charge in [-0.05, 0) is 65.0 Å². The lowest BCUT2D eigenvalue weighted by atomic mass is 9.95. The number of benzene rings is 1. The molecule has 8 heteroatoms. The van der Waals surface area contributed by atoms with Gasteiger partial charge in [0.05, 0.1) is 6.61 Å². The van der Waals surface area contributed by atoms with Crippen LogP contribution in [0.15, 0.2) is 18.2 Å². The van der Waals surface area contributed by atoms with Crippen LogP contribution >= 0.6 is 0 Å². The summed E-state index contributed by atoms with van der Waals surface area (Å²) in [6.07, 6.45) is 0.996. The number of aryl methyl sites for hydroxylation is 2. The molecule has 1 rings (SSSR count). The normalized spacial score (nSPS) is 14.1. The number of hydrogen-bond donors (Lipinski definition) is 3. The Morgan fingerprint density at radius 3 is 2.20 bits per heavy atom. The molecular weight excluding hydrogens is 446 g/mol. The first-order valence-corrected chi connectivity index (χ1v) is 12.5. The van der Waals surface area contributed by atoms with E-state index in [0.29, 0.717) is 5.56 Å². The van der Waals surface area contributed by atoms with E-state index in [0.717, 1.165) is 24.0 Å². The Hall–Kier alpha value is -2.61. The van der Waals surface area contributed by atoms with Crippen LogP contribution in [0.5, 0.6) is 0 Å². The first-order chi connectivity index (χ1) is 16.2. The molecule has 1 aromatic carbocycles. The van der Waals surface area contributed by atoms with Crippen molar-refractivity contribution in [3.63, 3.8) is 0 Å². The average molecular weight is 492 g/mol. The predicted octanol–water partition coefficient (Wildman–Crippen LogP) is 4.02. The molecule has 0 aliphatic carbocycles. The minimum absolute atomic E-state index is 0.0639. The molecule has 0 heterocycles. The molecule has 0 radical (unpaired) electrons. The molecule has 0 saturated heterocycles. The minimum Gasteiger partial charge on any atom is -0.444 e. The molecule has 0 saturated carbocycles. The van der Waals surface area contributed by atoms with Gasteiger partial charge in [-0.2, -0.15) is 0 Å². The number of nitrogens with one attached hydrogen (secondary N) is 2. The van der Waals surface area contributed by atoms with Gasteiger partial charge in [0.15, 0.2) is 0 Å². The lowest BCUT2D eigenvalue weighted by Crippen LogP contribution is -2.56. The van der Waals surface area contributed by atoms with Gasteiger partial charge in [0.25, 0.3) is 0 Å². The van der Waals surface area contributed by atoms with Gasteiger partial charge in [0.1, 0.15) is 17.7 Å². The number of amides is 3. The van der Waals surface area contributed by atoms with Gasteiger partial charge >= 0.3 is 6.09 Å². The second kappa shape index (κ2) is 13.5. The second-order valence-corrected chi connectivity index (χ2v) is 10.6. The third-order valence-electron chi connectivity index (χ3n) is 5.62. The van der Waals surface area contributed by atoms with E-state index < -0.39 is 29.7 Å². The molecule has 3 atom stereocenters. The van der Waals surface area contributed by atoms with Crippen LogP contribution in [0, 0.1) is 19.8 Å². The summed E-state index contributed by atoms with van der Waals surface area (Å²) in [5, 5.41) is 15.6. The molecule has 8 nitrogen and oxygen atoms in total. The van der Waals surface area contributed by atoms with E-state index in [9.17, 15) is 19.5 Å². The lowest BCUT2D eigenvalue weighted by Gasteiger charge is -2.36. The van der Waals surface area contributed by atoms with Crippen molar-refractivity contribution in [1.82, 2.24) is 15.5 Å². The minimum atomic E-state index is -0.962. The number of aliphatic hydroxyl groups excluding tert-OH is 1. The Morgan fingerprint density at radius 2 is 1.71 bits per heavy atom. The van der Waals surface area contributed by atoms with Crippen LogP contribution in [0.1, 0.15) is 84.0 Å². The van der Waals surface area contributed by atoms with E-state index in [1.54, 1.807) is 20.8 Å². The molecule has 0 aliphatic heterocycles. The Labute approximate surface area is 210 Å². The number of carbonyl (C=O) groups excluding carboxylic acids is 3. The van der Waals surface area contributed by atoms with Gasteiger partial charge in [-0.15, -0.1) is 0 Å². The van der Waals surface area contributed by atoms with Crippen LogP contribution in [0.4, 0.5) is 4.79 Å². The summed E-state index contributed by atoms with van der Waals surface area (Å²) >= 11 is 0. The number of nitrogens with zero attached hydrogens (tertiary/aromatic N) is 1. The quantitative estimate of drug-likeness (QED) is 0.433. The summed E-state index contributed by atoms with van der Waals surface area (Å²) in [7, 11) is 0. The predicted molar refractivity (Wildman–Crippen MR) is 138 cm³/mol. The fourth-order valence-corrected chi connectivity index (χ4v) is 4.01. The van der Waals surface area contributed by atoms with Gasteiger partial charge in [-0.1, -0.05) is 51.0 Å². The number of aliphatic hydroxyl groups is 1. The molecule has 3 amide bonds. The van der Waals surface area contributed by atoms with Crippen LogP contribution in [-0.4, -0.2) is 58.8 Å². The topological polar surface area (TPSA) is 108 Å². The maximum atomic E-state index is 13.8. The molecule has 0 bridgehead atoms. The van der Waals surface area contributed by atoms with E-state index in [4.69, 9.17) is 4.74 Å². The van der Waals surface area contributed by atoms with Gasteiger partial charge in [0.2, 0.25) is 11.8 Å². The van der Waals surface area contributed by atoms with E-state index in [2.05, 4.69) is 10.6 Å². The van der Waals surface area contributed by atoms with Crippen molar-refractivity contribution in [2.24, 2.45) is 5.92 Å². The molecule has 0 aliphatic rings. The molecular formula is C27H45N3O5. The molecule has 1 aromatic rings. The molecule has 35 heavy (non-hydrogen) atoms. The number of carbonyl (C=O) groups is 3. The highest BCUT2D eigenvalue weighted by molar-refractivity contribution is 5.92. The Bertz CT molecular complexity index is 863. The Balaban J connectivity index is 3.47. The Kier molecular flexibility index (Phi) is 11.7. The van der Waals surface area contributed by atoms with E-state index in [-0.39, 0.29) is 31.0 Å². The van der Waals surface area contributed by atoms with Crippen molar-refractivity contribution in [1.29, 1.82) is 0 Å². The largest absolute Gasteiger partial charge is 0.444 e. The van der Waals surface area contributed by atoms with Gasteiger partial charge in [-0.3, -0.25) is 9.59 Å². The van der Waals surface area contributed by atoms with Crippen molar-refractivity contribution >= 4 is 17.9 Å². The van der Waals surface area contributed by atoms with Crippen molar-refractivity contribution < 1.29 is 24.2 Å². The SMILES string of the molecule is CCCC(C)NC(=O)C(c1ccc(C)cc1C)N(CCO)C(=O)C(NC(=O)OC(C)(C)C)C(C)C. The average Bonchev–Trinajstić information content (AvgIpc) is 2.71. The third kappa shape index (κ3) is 9.51. The summed E-state index contributed by atoms with van der Waals surface area (Å²) in [5.74, 6) is -1.05. The van der Waals surface area contributed by atoms with E-state index in [1.807, 2.05) is 59.7 Å². The zero-order valence-electron chi connectivity index (χ0n) is 22.9. The van der Waals surface area contributed by atoms with E-state index >= 15 is 0 Å². The molecule has 198 valence electrons. The molecule has 0 aromatic heterocycles. The number of ether oxygens (including phenoxy) is 1. The fraction of sp³-hybridized carbons (Fsp3) is 0.667. The van der Waals surface area contributed by atoms with E-state index in [1.165, 1.54) is 4.90 Å². The molecule has 0 fully saturated rings. The van der Waals surface area contributed by atoms with Crippen molar-refractivity contribution in [2.45, 2.75) is 98.9 Å². The van der Waals surface area contributed by atoms with Crippen molar-refractivity contribution in [2.75, 3.05) is 13.2 Å². The summed E-state index contributed by atoms with van der Waals surface area (Å²) in [4.78, 5) is 41.3. The number of alkyl carbamates (subject to hydrolysis) is 1. The highest BCUT2D eigenvalue weighted by Gasteiger charge is 2.38. The number of hydrogen-bond acceptors (Lipinski definition) is 5. The monoisotopic (exact) mass is 491 g/mol. The van der Waals surface area contributed by atoms with Crippen LogP contribution < -0.4 is 10.6 Å². The smallest absolute Gasteiger partial charge is 0.408 e. The zero-order valence-corrected chi connectivity index (χ0v) is 22.9. The van der Waals surface area contributed by atoms with Gasteiger partial charge in [0, 0.05) is 12.6 Å². The van der Waals surface area contributed by atoms with Crippen molar-refractivity contribution in [3.05, 3.63) is 34.9 Å². The lowest BCUT2D eigenvalue weighted by molar-refractivity contribution is -0.144. The maximum Gasteiger partial charge on any atom is 0.408 e. The fourth-order valence-electron chi connectivity index (χ4n) is 4.01. The van der Waals surface area contributed by atoms with Gasteiger partial charge in [-0.25, -0.2) is 4.79 Å². The maximum absolute atomic E-state index is 13.8. The zero-order chi connectivity index (χ0) is 26.9. The van der Waals surface area contributed by atoms with Crippen LogP contribution in [0.2, 0.25) is 0 Å². The highest BCUT2D eigenvalue weighted by Crippen LogP contribution is 2.27. The summed E-state index contributed by atoms with van der Waals surface area (Å²) in [5.41, 5.74) is 1.86. The number of rotatable bonds is 11. The summed E-state index contributed by atoms with van der Waals surface area (Å²) in [6.45, 7) is 16.3. The standard InChI is InChI=1S/C27H45N3O5/c1-10-11-20(6)28-24(32)23(21-13-12-18(4)16-19(21)5)30(14-15-31)25(33)22(17(2)3)29-26(34)35-27(7,8)9/h12-13,16-17,20,22-23,31H,10-11,14-15H2,1-9H3,(H,28,32)(H,29,34).